The monoisotopic (exact) mass is 378 g/mol. The van der Waals surface area contributed by atoms with Crippen LogP contribution in [0.1, 0.15) is 0 Å². The molecule has 3 nitrogen and oxygen atoms in total. The normalized spacial score (nSPS) is 22.5. The summed E-state index contributed by atoms with van der Waals surface area (Å²) in [6.45, 7) is 7.19. The molecule has 7 heteroatoms. The fourth-order valence-corrected chi connectivity index (χ4v) is 1.36. The summed E-state index contributed by atoms with van der Waals surface area (Å²) >= 11 is -1.75. The Bertz CT molecular complexity index is 136. The molecule has 0 aromatic rings. The molecule has 1 saturated heterocycles. The molecule has 101 valence electrons. The summed E-state index contributed by atoms with van der Waals surface area (Å²) in [5.41, 5.74) is 0. The van der Waals surface area contributed by atoms with Gasteiger partial charge in [-0.3, -0.25) is 0 Å². The first-order valence-electron chi connectivity index (χ1n) is 5.14. The first-order valence-corrected chi connectivity index (χ1v) is 11.9. The average molecular weight is 379 g/mol. The first-order chi connectivity index (χ1) is 7.41. The molecule has 0 amide bonds. The number of hydrogen-bond acceptors (Lipinski definition) is 3. The minimum atomic E-state index is -1.75. The van der Waals surface area contributed by atoms with Crippen LogP contribution in [0.2, 0.25) is 0 Å². The Morgan fingerprint density at radius 3 is 0.875 bits per heavy atom. The molecule has 1 aliphatic rings. The van der Waals surface area contributed by atoms with Crippen molar-refractivity contribution >= 4 is 29.1 Å². The van der Waals surface area contributed by atoms with Crippen LogP contribution >= 0.6 is 29.1 Å². The minimum absolute atomic E-state index is 1.20. The molecule has 0 saturated carbocycles. The molecule has 16 heavy (non-hydrogen) atoms. The summed E-state index contributed by atoms with van der Waals surface area (Å²) in [7, 11) is 21.5. The van der Waals surface area contributed by atoms with Crippen molar-refractivity contribution in [2.75, 3.05) is 60.4 Å². The van der Waals surface area contributed by atoms with Gasteiger partial charge in [0.2, 0.25) is 0 Å². The summed E-state index contributed by atoms with van der Waals surface area (Å²) < 4.78 is 0. The zero-order valence-electron chi connectivity index (χ0n) is 10.1. The van der Waals surface area contributed by atoms with Gasteiger partial charge in [0.1, 0.15) is 0 Å². The van der Waals surface area contributed by atoms with Crippen LogP contribution in [-0.2, 0) is 13.0 Å². The van der Waals surface area contributed by atoms with Gasteiger partial charge in [0.15, 0.2) is 0 Å². The Labute approximate surface area is 117 Å². The van der Waals surface area contributed by atoms with Crippen molar-refractivity contribution < 1.29 is 13.0 Å². The third-order valence-electron chi connectivity index (χ3n) is 2.59. The van der Waals surface area contributed by atoms with E-state index in [2.05, 4.69) is 35.8 Å². The van der Waals surface area contributed by atoms with Gasteiger partial charge in [0.25, 0.3) is 0 Å². The standard InChI is InChI=1S/C9H21N3.3ClH.Ru/c1-10-4-6-11(2)8-9-12(3)7-5-10;;;;/h4-9H2,1-3H3;3*1H;/q;;;;+3/p-3. The average Bonchev–Trinajstić information content (AvgIpc) is 2.24. The van der Waals surface area contributed by atoms with Gasteiger partial charge < -0.3 is 14.7 Å². The Kier molecular flexibility index (Phi) is 11.2. The Balaban J connectivity index is 0.000000487. The van der Waals surface area contributed by atoms with Gasteiger partial charge in [-0.15, -0.1) is 0 Å². The van der Waals surface area contributed by atoms with Crippen LogP contribution in [0, 0.1) is 0 Å². The molecule has 0 aliphatic carbocycles. The molecule has 1 aliphatic heterocycles. The summed E-state index contributed by atoms with van der Waals surface area (Å²) in [5, 5.41) is 0. The van der Waals surface area contributed by atoms with E-state index in [0.717, 1.165) is 0 Å². The quantitative estimate of drug-likeness (QED) is 0.596. The van der Waals surface area contributed by atoms with Crippen molar-refractivity contribution in [2.45, 2.75) is 0 Å². The zero-order valence-corrected chi connectivity index (χ0v) is 14.1. The molecule has 0 aromatic carbocycles. The van der Waals surface area contributed by atoms with Crippen molar-refractivity contribution in [3.8, 4) is 0 Å². The number of halogens is 3. The summed E-state index contributed by atoms with van der Waals surface area (Å²) in [6, 6.07) is 0. The summed E-state index contributed by atoms with van der Waals surface area (Å²) in [4.78, 5) is 7.20. The molecular weight excluding hydrogens is 358 g/mol. The van der Waals surface area contributed by atoms with Gasteiger partial charge in [0, 0.05) is 39.3 Å². The van der Waals surface area contributed by atoms with Crippen molar-refractivity contribution in [2.24, 2.45) is 0 Å². The Hall–Kier alpha value is 1.37. The fourth-order valence-electron chi connectivity index (χ4n) is 1.36. The van der Waals surface area contributed by atoms with Crippen LogP contribution in [0.25, 0.3) is 0 Å². The third-order valence-corrected chi connectivity index (χ3v) is 2.59. The van der Waals surface area contributed by atoms with E-state index in [1.807, 2.05) is 0 Å². The fraction of sp³-hybridized carbons (Fsp3) is 1.00. The molecule has 1 fully saturated rings. The van der Waals surface area contributed by atoms with Crippen molar-refractivity contribution in [3.63, 3.8) is 0 Å². The van der Waals surface area contributed by atoms with Crippen molar-refractivity contribution in [1.29, 1.82) is 0 Å². The van der Waals surface area contributed by atoms with E-state index in [0.29, 0.717) is 0 Å². The molecular formula is C9H21Cl3N3Ru. The van der Waals surface area contributed by atoms with Gasteiger partial charge in [-0.25, -0.2) is 0 Å². The van der Waals surface area contributed by atoms with E-state index in [1.165, 1.54) is 39.3 Å². The maximum absolute atomic E-state index is 4.95. The van der Waals surface area contributed by atoms with Crippen LogP contribution in [0.4, 0.5) is 0 Å². The van der Waals surface area contributed by atoms with Crippen LogP contribution in [0.3, 0.4) is 0 Å². The van der Waals surface area contributed by atoms with Gasteiger partial charge >= 0.3 is 42.1 Å². The van der Waals surface area contributed by atoms with Crippen molar-refractivity contribution in [3.05, 3.63) is 0 Å². The van der Waals surface area contributed by atoms with Crippen LogP contribution in [0.15, 0.2) is 0 Å². The first kappa shape index (κ1) is 17.4. The summed E-state index contributed by atoms with van der Waals surface area (Å²) in [5.74, 6) is 0. The van der Waals surface area contributed by atoms with E-state index < -0.39 is 13.0 Å². The molecule has 0 bridgehead atoms. The van der Waals surface area contributed by atoms with Crippen molar-refractivity contribution in [1.82, 2.24) is 14.7 Å². The van der Waals surface area contributed by atoms with Crippen LogP contribution in [-0.4, -0.2) is 75.1 Å². The molecule has 0 unspecified atom stereocenters. The van der Waals surface area contributed by atoms with Gasteiger partial charge in [-0.1, -0.05) is 0 Å². The third kappa shape index (κ3) is 11.8. The van der Waals surface area contributed by atoms with Gasteiger partial charge in [-0.2, -0.15) is 0 Å². The maximum atomic E-state index is 4.95. The SMILES string of the molecule is CN1CCN(C)CCN(C)CC1.[Cl][Ru]([Cl])[Cl]. The van der Waals surface area contributed by atoms with E-state index in [-0.39, 0.29) is 0 Å². The summed E-state index contributed by atoms with van der Waals surface area (Å²) in [6.07, 6.45) is 0. The second kappa shape index (κ2) is 10.3. The second-order valence-corrected chi connectivity index (χ2v) is 12.0. The van der Waals surface area contributed by atoms with E-state index in [4.69, 9.17) is 29.1 Å². The molecule has 0 aromatic heterocycles. The van der Waals surface area contributed by atoms with E-state index in [9.17, 15) is 0 Å². The molecule has 0 N–H and O–H groups in total. The predicted octanol–water partition coefficient (Wildman–Crippen LogP) is 1.86. The number of rotatable bonds is 0. The number of hydrogen-bond donors (Lipinski definition) is 0. The van der Waals surface area contributed by atoms with Gasteiger partial charge in [-0.05, 0) is 21.1 Å². The number of likely N-dealkylation sites (N-methyl/N-ethyl adjacent to an activating group) is 3. The Morgan fingerprint density at radius 2 is 0.750 bits per heavy atom. The van der Waals surface area contributed by atoms with E-state index >= 15 is 0 Å². The van der Waals surface area contributed by atoms with Crippen LogP contribution < -0.4 is 0 Å². The molecule has 0 atom stereocenters. The zero-order chi connectivity index (χ0) is 12.6. The topological polar surface area (TPSA) is 9.72 Å². The Morgan fingerprint density at radius 1 is 0.625 bits per heavy atom. The van der Waals surface area contributed by atoms with E-state index in [1.54, 1.807) is 0 Å². The second-order valence-electron chi connectivity index (χ2n) is 4.06. The van der Waals surface area contributed by atoms with Crippen LogP contribution in [0.5, 0.6) is 0 Å². The molecule has 0 radical (unpaired) electrons. The van der Waals surface area contributed by atoms with Gasteiger partial charge in [0.05, 0.1) is 0 Å². The molecule has 0 spiro atoms. The predicted molar refractivity (Wildman–Crippen MR) is 70.1 cm³/mol. The number of nitrogens with zero attached hydrogens (tertiary/aromatic N) is 3. The molecule has 1 heterocycles. The molecule has 1 rings (SSSR count).